The van der Waals surface area contributed by atoms with Crippen molar-refractivity contribution in [3.05, 3.63) is 59.7 Å². The Labute approximate surface area is 156 Å². The van der Waals surface area contributed by atoms with Crippen molar-refractivity contribution in [1.82, 2.24) is 4.90 Å². The standard InChI is InChI=1S/C20H19N3O4/c1-22(2)20(27)14-4-3-5-15(12-14)21-19(26)13-6-8-16(9-7-13)23-17(24)10-11-18(23)25/h3-9,12H,10-11H2,1-2H3,(H,21,26). The smallest absolute Gasteiger partial charge is 0.255 e. The minimum atomic E-state index is -0.352. The molecule has 0 bridgehead atoms. The van der Waals surface area contributed by atoms with Crippen LogP contribution < -0.4 is 10.2 Å². The van der Waals surface area contributed by atoms with Crippen LogP contribution in [0.2, 0.25) is 0 Å². The first kappa shape index (κ1) is 18.3. The summed E-state index contributed by atoms with van der Waals surface area (Å²) in [5.41, 5.74) is 1.81. The van der Waals surface area contributed by atoms with Gasteiger partial charge in [-0.15, -0.1) is 0 Å². The number of nitrogens with one attached hydrogen (secondary N) is 1. The molecule has 138 valence electrons. The largest absolute Gasteiger partial charge is 0.345 e. The van der Waals surface area contributed by atoms with E-state index in [9.17, 15) is 19.2 Å². The van der Waals surface area contributed by atoms with Crippen molar-refractivity contribution in [2.45, 2.75) is 12.8 Å². The molecular formula is C20H19N3O4. The second kappa shape index (κ2) is 7.41. The first-order chi connectivity index (χ1) is 12.9. The lowest BCUT2D eigenvalue weighted by Gasteiger charge is -2.14. The molecular weight excluding hydrogens is 346 g/mol. The third-order valence-electron chi connectivity index (χ3n) is 4.21. The normalized spacial score (nSPS) is 13.6. The number of hydrogen-bond acceptors (Lipinski definition) is 4. The zero-order valence-corrected chi connectivity index (χ0v) is 15.1. The van der Waals surface area contributed by atoms with Gasteiger partial charge in [0, 0.05) is 43.8 Å². The number of carbonyl (C=O) groups excluding carboxylic acids is 4. The van der Waals surface area contributed by atoms with Gasteiger partial charge >= 0.3 is 0 Å². The first-order valence-corrected chi connectivity index (χ1v) is 8.46. The molecule has 0 radical (unpaired) electrons. The van der Waals surface area contributed by atoms with Gasteiger partial charge < -0.3 is 10.2 Å². The average Bonchev–Trinajstić information content (AvgIpc) is 2.99. The summed E-state index contributed by atoms with van der Waals surface area (Å²) in [6.07, 6.45) is 0.423. The first-order valence-electron chi connectivity index (χ1n) is 8.46. The van der Waals surface area contributed by atoms with Gasteiger partial charge in [-0.05, 0) is 42.5 Å². The maximum atomic E-state index is 12.4. The summed E-state index contributed by atoms with van der Waals surface area (Å²) in [5.74, 6) is -0.982. The van der Waals surface area contributed by atoms with Crippen LogP contribution in [0.15, 0.2) is 48.5 Å². The number of nitrogens with zero attached hydrogens (tertiary/aromatic N) is 2. The highest BCUT2D eigenvalue weighted by Crippen LogP contribution is 2.23. The summed E-state index contributed by atoms with van der Waals surface area (Å²) < 4.78 is 0. The van der Waals surface area contributed by atoms with Gasteiger partial charge in [0.2, 0.25) is 11.8 Å². The molecule has 7 nitrogen and oxygen atoms in total. The molecule has 1 aliphatic rings. The van der Waals surface area contributed by atoms with Crippen LogP contribution in [0.4, 0.5) is 11.4 Å². The van der Waals surface area contributed by atoms with Gasteiger partial charge in [0.05, 0.1) is 5.69 Å². The van der Waals surface area contributed by atoms with Crippen LogP contribution in [0.3, 0.4) is 0 Å². The van der Waals surface area contributed by atoms with Gasteiger partial charge in [-0.2, -0.15) is 0 Å². The molecule has 4 amide bonds. The molecule has 1 heterocycles. The number of rotatable bonds is 4. The zero-order valence-electron chi connectivity index (χ0n) is 15.1. The van der Waals surface area contributed by atoms with Crippen LogP contribution >= 0.6 is 0 Å². The minimum absolute atomic E-state index is 0.157. The Balaban J connectivity index is 1.73. The summed E-state index contributed by atoms with van der Waals surface area (Å²) in [6.45, 7) is 0. The van der Waals surface area contributed by atoms with Crippen molar-refractivity contribution in [1.29, 1.82) is 0 Å². The Hall–Kier alpha value is -3.48. The molecule has 0 saturated carbocycles. The Kier molecular flexibility index (Phi) is 5.03. The topological polar surface area (TPSA) is 86.8 Å². The number of imide groups is 1. The Morgan fingerprint density at radius 1 is 0.926 bits per heavy atom. The number of anilines is 2. The molecule has 1 aliphatic heterocycles. The summed E-state index contributed by atoms with van der Waals surface area (Å²) in [4.78, 5) is 50.6. The maximum absolute atomic E-state index is 12.4. The molecule has 3 rings (SSSR count). The summed E-state index contributed by atoms with van der Waals surface area (Å²) in [6, 6.07) is 12.9. The van der Waals surface area contributed by atoms with Crippen LogP contribution in [0, 0.1) is 0 Å². The van der Waals surface area contributed by atoms with Crippen molar-refractivity contribution in [2.75, 3.05) is 24.3 Å². The molecule has 2 aromatic rings. The summed E-state index contributed by atoms with van der Waals surface area (Å²) >= 11 is 0. The van der Waals surface area contributed by atoms with Crippen molar-refractivity contribution in [3.63, 3.8) is 0 Å². The second-order valence-electron chi connectivity index (χ2n) is 6.40. The van der Waals surface area contributed by atoms with Gasteiger partial charge in [0.15, 0.2) is 0 Å². The molecule has 27 heavy (non-hydrogen) atoms. The number of carbonyl (C=O) groups is 4. The molecule has 2 aromatic carbocycles. The van der Waals surface area contributed by atoms with Crippen LogP contribution in [-0.2, 0) is 9.59 Å². The van der Waals surface area contributed by atoms with E-state index in [-0.39, 0.29) is 36.5 Å². The number of benzene rings is 2. The predicted octanol–water partition coefficient (Wildman–Crippen LogP) is 2.29. The highest BCUT2D eigenvalue weighted by Gasteiger charge is 2.30. The average molecular weight is 365 g/mol. The maximum Gasteiger partial charge on any atom is 0.255 e. The third kappa shape index (κ3) is 3.87. The van der Waals surface area contributed by atoms with Crippen LogP contribution in [-0.4, -0.2) is 42.6 Å². The monoisotopic (exact) mass is 365 g/mol. The molecule has 0 aliphatic carbocycles. The number of hydrogen-bond donors (Lipinski definition) is 1. The van der Waals surface area contributed by atoms with E-state index in [2.05, 4.69) is 5.32 Å². The molecule has 0 atom stereocenters. The SMILES string of the molecule is CN(C)C(=O)c1cccc(NC(=O)c2ccc(N3C(=O)CCC3=O)cc2)c1. The molecule has 1 N–H and O–H groups in total. The van der Waals surface area contributed by atoms with Crippen molar-refractivity contribution < 1.29 is 19.2 Å². The second-order valence-corrected chi connectivity index (χ2v) is 6.40. The Morgan fingerprint density at radius 2 is 1.56 bits per heavy atom. The van der Waals surface area contributed by atoms with Gasteiger partial charge in [-0.3, -0.25) is 24.1 Å². The van der Waals surface area contributed by atoms with E-state index in [4.69, 9.17) is 0 Å². The van der Waals surface area contributed by atoms with E-state index < -0.39 is 0 Å². The molecule has 0 aromatic heterocycles. The molecule has 0 unspecified atom stereocenters. The molecule has 1 fully saturated rings. The molecule has 0 spiro atoms. The lowest BCUT2D eigenvalue weighted by molar-refractivity contribution is -0.121. The minimum Gasteiger partial charge on any atom is -0.345 e. The Morgan fingerprint density at radius 3 is 2.15 bits per heavy atom. The highest BCUT2D eigenvalue weighted by molar-refractivity contribution is 6.20. The summed E-state index contributed by atoms with van der Waals surface area (Å²) in [5, 5.41) is 2.74. The van der Waals surface area contributed by atoms with E-state index in [1.165, 1.54) is 4.90 Å². The summed E-state index contributed by atoms with van der Waals surface area (Å²) in [7, 11) is 3.32. The third-order valence-corrected chi connectivity index (χ3v) is 4.21. The van der Waals surface area contributed by atoms with E-state index in [0.29, 0.717) is 22.5 Å². The highest BCUT2D eigenvalue weighted by atomic mass is 16.2. The van der Waals surface area contributed by atoms with Gasteiger partial charge in [0.1, 0.15) is 0 Å². The molecule has 1 saturated heterocycles. The lowest BCUT2D eigenvalue weighted by atomic mass is 10.1. The fourth-order valence-electron chi connectivity index (χ4n) is 2.82. The number of amides is 4. The van der Waals surface area contributed by atoms with Crippen molar-refractivity contribution in [2.24, 2.45) is 0 Å². The van der Waals surface area contributed by atoms with Crippen LogP contribution in [0.25, 0.3) is 0 Å². The van der Waals surface area contributed by atoms with Crippen molar-refractivity contribution >= 4 is 35.0 Å². The Bertz CT molecular complexity index is 903. The van der Waals surface area contributed by atoms with Crippen molar-refractivity contribution in [3.8, 4) is 0 Å². The van der Waals surface area contributed by atoms with E-state index in [1.54, 1.807) is 62.6 Å². The predicted molar refractivity (Wildman–Crippen MR) is 101 cm³/mol. The van der Waals surface area contributed by atoms with E-state index in [0.717, 1.165) is 4.90 Å². The fraction of sp³-hybridized carbons (Fsp3) is 0.200. The van der Waals surface area contributed by atoms with E-state index in [1.807, 2.05) is 0 Å². The molecule has 7 heteroatoms. The van der Waals surface area contributed by atoms with Crippen LogP contribution in [0.5, 0.6) is 0 Å². The van der Waals surface area contributed by atoms with Gasteiger partial charge in [0.25, 0.3) is 11.8 Å². The zero-order chi connectivity index (χ0) is 19.6. The lowest BCUT2D eigenvalue weighted by Crippen LogP contribution is -2.28. The quantitative estimate of drug-likeness (QED) is 0.842. The van der Waals surface area contributed by atoms with Gasteiger partial charge in [-0.25, -0.2) is 0 Å². The van der Waals surface area contributed by atoms with Gasteiger partial charge in [-0.1, -0.05) is 6.07 Å². The van der Waals surface area contributed by atoms with E-state index >= 15 is 0 Å². The van der Waals surface area contributed by atoms with Crippen LogP contribution in [0.1, 0.15) is 33.6 Å². The fourth-order valence-corrected chi connectivity index (χ4v) is 2.82.